The van der Waals surface area contributed by atoms with Gasteiger partial charge in [-0.25, -0.2) is 0 Å². The molecule has 2 aromatic carbocycles. The highest BCUT2D eigenvalue weighted by atomic mass is 16.3. The summed E-state index contributed by atoms with van der Waals surface area (Å²) in [4.78, 5) is 2.50. The van der Waals surface area contributed by atoms with E-state index in [0.717, 1.165) is 57.3 Å². The van der Waals surface area contributed by atoms with E-state index >= 15 is 0 Å². The van der Waals surface area contributed by atoms with Crippen LogP contribution in [-0.4, -0.2) is 29.2 Å². The van der Waals surface area contributed by atoms with Crippen molar-refractivity contribution in [3.63, 3.8) is 0 Å². The van der Waals surface area contributed by atoms with E-state index in [-0.39, 0.29) is 12.0 Å². The van der Waals surface area contributed by atoms with Gasteiger partial charge >= 0.3 is 0 Å². The molecule has 3 nitrogen and oxygen atoms in total. The van der Waals surface area contributed by atoms with Crippen LogP contribution in [0.15, 0.2) is 60.7 Å². The number of aliphatic hydroxyl groups is 1. The molecule has 146 valence electrons. The number of hydrogen-bond acceptors (Lipinski definition) is 3. The lowest BCUT2D eigenvalue weighted by Gasteiger charge is -2.45. The summed E-state index contributed by atoms with van der Waals surface area (Å²) in [6.45, 7) is 3.00. The molecule has 2 aliphatic rings. The Morgan fingerprint density at radius 2 is 1.57 bits per heavy atom. The molecule has 1 saturated heterocycles. The van der Waals surface area contributed by atoms with Crippen molar-refractivity contribution < 1.29 is 5.11 Å². The minimum atomic E-state index is -0.573. The monoisotopic (exact) mass is 374 g/mol. The van der Waals surface area contributed by atoms with Crippen molar-refractivity contribution in [1.82, 2.24) is 4.90 Å². The van der Waals surface area contributed by atoms with Crippen LogP contribution in [0.5, 0.6) is 0 Å². The van der Waals surface area contributed by atoms with E-state index in [1.807, 2.05) is 18.2 Å². The van der Waals surface area contributed by atoms with E-state index in [0.29, 0.717) is 5.92 Å². The maximum absolute atomic E-state index is 10.7. The molecular formula is C25H30N2O. The molecule has 4 rings (SSSR count). The average molecular weight is 375 g/mol. The van der Waals surface area contributed by atoms with Gasteiger partial charge in [-0.3, -0.25) is 4.90 Å². The lowest BCUT2D eigenvalue weighted by atomic mass is 9.59. The predicted molar refractivity (Wildman–Crippen MR) is 112 cm³/mol. The molecule has 3 atom stereocenters. The van der Waals surface area contributed by atoms with Crippen molar-refractivity contribution in [2.24, 2.45) is 11.8 Å². The van der Waals surface area contributed by atoms with Crippen molar-refractivity contribution in [3.8, 4) is 6.07 Å². The molecule has 0 unspecified atom stereocenters. The molecule has 2 fully saturated rings. The van der Waals surface area contributed by atoms with Gasteiger partial charge in [0.25, 0.3) is 0 Å². The molecule has 0 aromatic heterocycles. The van der Waals surface area contributed by atoms with Crippen molar-refractivity contribution >= 4 is 0 Å². The van der Waals surface area contributed by atoms with Gasteiger partial charge in [-0.1, -0.05) is 67.1 Å². The molecule has 1 N–H and O–H groups in total. The van der Waals surface area contributed by atoms with Gasteiger partial charge < -0.3 is 5.11 Å². The molecular weight excluding hydrogens is 344 g/mol. The second-order valence-corrected chi connectivity index (χ2v) is 8.49. The second-order valence-electron chi connectivity index (χ2n) is 8.49. The zero-order valence-corrected chi connectivity index (χ0v) is 16.5. The predicted octanol–water partition coefficient (Wildman–Crippen LogP) is 4.52. The van der Waals surface area contributed by atoms with Crippen molar-refractivity contribution in [2.45, 2.75) is 50.2 Å². The van der Waals surface area contributed by atoms with Gasteiger partial charge in [0.05, 0.1) is 17.6 Å². The smallest absolute Gasteiger partial charge is 0.0903 e. The summed E-state index contributed by atoms with van der Waals surface area (Å²) in [6, 6.07) is 23.7. The van der Waals surface area contributed by atoms with Gasteiger partial charge in [-0.15, -0.1) is 0 Å². The van der Waals surface area contributed by atoms with Gasteiger partial charge in [0, 0.05) is 12.5 Å². The summed E-state index contributed by atoms with van der Waals surface area (Å²) in [5.74, 6) is 0.343. The number of likely N-dealkylation sites (tertiary alicyclic amines) is 1. The SMILES string of the molecule is N#C[C@@](c1ccccc1)(C1CCN(Cc2ccccc2)CC1)[C@H]1CCC[C@@H]1O. The van der Waals surface area contributed by atoms with Crippen molar-refractivity contribution in [2.75, 3.05) is 13.1 Å². The number of benzene rings is 2. The Labute approximate surface area is 168 Å². The first-order valence-corrected chi connectivity index (χ1v) is 10.6. The number of nitrogens with zero attached hydrogens (tertiary/aromatic N) is 2. The maximum Gasteiger partial charge on any atom is 0.0903 e. The van der Waals surface area contributed by atoms with Gasteiger partial charge in [0.15, 0.2) is 0 Å². The van der Waals surface area contributed by atoms with Crippen LogP contribution in [-0.2, 0) is 12.0 Å². The fourth-order valence-corrected chi connectivity index (χ4v) is 5.56. The third-order valence-electron chi connectivity index (χ3n) is 6.98. The number of hydrogen-bond donors (Lipinski definition) is 1. The van der Waals surface area contributed by atoms with E-state index in [1.165, 1.54) is 5.56 Å². The minimum Gasteiger partial charge on any atom is -0.393 e. The summed E-state index contributed by atoms with van der Waals surface area (Å²) in [6.07, 6.45) is 4.47. The fourth-order valence-electron chi connectivity index (χ4n) is 5.56. The van der Waals surface area contributed by atoms with Gasteiger partial charge in [0.1, 0.15) is 0 Å². The Balaban J connectivity index is 1.56. The van der Waals surface area contributed by atoms with E-state index < -0.39 is 5.41 Å². The van der Waals surface area contributed by atoms with Gasteiger partial charge in [0.2, 0.25) is 0 Å². The van der Waals surface area contributed by atoms with Crippen LogP contribution in [0.1, 0.15) is 43.2 Å². The highest BCUT2D eigenvalue weighted by Crippen LogP contribution is 2.50. The first kappa shape index (κ1) is 19.2. The van der Waals surface area contributed by atoms with Gasteiger partial charge in [-0.05, 0) is 55.8 Å². The topological polar surface area (TPSA) is 47.3 Å². The molecule has 0 spiro atoms. The van der Waals surface area contributed by atoms with E-state index in [9.17, 15) is 10.4 Å². The summed E-state index contributed by atoms with van der Waals surface area (Å²) in [5, 5.41) is 21.2. The molecule has 0 bridgehead atoms. The highest BCUT2D eigenvalue weighted by molar-refractivity contribution is 5.36. The molecule has 1 aliphatic heterocycles. The van der Waals surface area contributed by atoms with Crippen LogP contribution >= 0.6 is 0 Å². The fraction of sp³-hybridized carbons (Fsp3) is 0.480. The highest BCUT2D eigenvalue weighted by Gasteiger charge is 2.51. The Morgan fingerprint density at radius 3 is 2.14 bits per heavy atom. The normalized spacial score (nSPS) is 25.9. The Hall–Kier alpha value is -2.15. The Bertz CT molecular complexity index is 792. The third kappa shape index (κ3) is 3.60. The van der Waals surface area contributed by atoms with Crippen LogP contribution in [0.2, 0.25) is 0 Å². The van der Waals surface area contributed by atoms with Crippen LogP contribution < -0.4 is 0 Å². The molecule has 1 heterocycles. The van der Waals surface area contributed by atoms with Crippen molar-refractivity contribution in [1.29, 1.82) is 5.26 Å². The quantitative estimate of drug-likeness (QED) is 0.837. The molecule has 1 saturated carbocycles. The average Bonchev–Trinajstić information content (AvgIpc) is 3.18. The first-order chi connectivity index (χ1) is 13.7. The minimum absolute atomic E-state index is 0.0468. The van der Waals surface area contributed by atoms with E-state index in [2.05, 4.69) is 53.4 Å². The molecule has 0 amide bonds. The van der Waals surface area contributed by atoms with E-state index in [4.69, 9.17) is 0 Å². The van der Waals surface area contributed by atoms with Crippen LogP contribution in [0.3, 0.4) is 0 Å². The zero-order valence-electron chi connectivity index (χ0n) is 16.5. The Morgan fingerprint density at radius 1 is 0.929 bits per heavy atom. The summed E-state index contributed by atoms with van der Waals surface area (Å²) < 4.78 is 0. The zero-order chi connectivity index (χ0) is 19.4. The Kier molecular flexibility index (Phi) is 5.80. The van der Waals surface area contributed by atoms with E-state index in [1.54, 1.807) is 0 Å². The van der Waals surface area contributed by atoms with Crippen LogP contribution in [0, 0.1) is 23.2 Å². The standard InChI is InChI=1S/C25H30N2O/c26-19-25(21-10-5-2-6-11-21,23-12-7-13-24(23)28)22-14-16-27(17-15-22)18-20-8-3-1-4-9-20/h1-6,8-11,22-24,28H,7,12-18H2/t23-,24-,25+/m0/s1. The largest absolute Gasteiger partial charge is 0.393 e. The molecule has 28 heavy (non-hydrogen) atoms. The number of piperidine rings is 1. The molecule has 1 aliphatic carbocycles. The van der Waals surface area contributed by atoms with Crippen molar-refractivity contribution in [3.05, 3.63) is 71.8 Å². The molecule has 2 aromatic rings. The third-order valence-corrected chi connectivity index (χ3v) is 6.98. The van der Waals surface area contributed by atoms with Crippen LogP contribution in [0.4, 0.5) is 0 Å². The maximum atomic E-state index is 10.7. The van der Waals surface area contributed by atoms with Gasteiger partial charge in [-0.2, -0.15) is 5.26 Å². The van der Waals surface area contributed by atoms with Crippen LogP contribution in [0.25, 0.3) is 0 Å². The second kappa shape index (κ2) is 8.47. The number of aliphatic hydroxyl groups excluding tert-OH is 1. The lowest BCUT2D eigenvalue weighted by molar-refractivity contribution is 0.0507. The number of rotatable bonds is 5. The summed E-state index contributed by atoms with van der Waals surface area (Å²) in [7, 11) is 0. The first-order valence-electron chi connectivity index (χ1n) is 10.6. The number of nitriles is 1. The summed E-state index contributed by atoms with van der Waals surface area (Å²) >= 11 is 0. The molecule has 0 radical (unpaired) electrons. The lowest BCUT2D eigenvalue weighted by Crippen LogP contribution is -2.48. The molecule has 3 heteroatoms. The summed E-state index contributed by atoms with van der Waals surface area (Å²) in [5.41, 5.74) is 1.88.